The Morgan fingerprint density at radius 3 is 2.31 bits per heavy atom. The van der Waals surface area contributed by atoms with Crippen LogP contribution in [0.5, 0.6) is 0 Å². The Morgan fingerprint density at radius 1 is 1.31 bits per heavy atom. The average molecular weight is 229 g/mol. The molecule has 1 amide bonds. The van der Waals surface area contributed by atoms with Crippen molar-refractivity contribution < 1.29 is 14.7 Å². The van der Waals surface area contributed by atoms with E-state index in [0.717, 1.165) is 13.1 Å². The van der Waals surface area contributed by atoms with Crippen molar-refractivity contribution in [2.24, 2.45) is 5.73 Å². The molecule has 1 atom stereocenters. The molecule has 0 aromatic rings. The quantitative estimate of drug-likeness (QED) is 0.642. The van der Waals surface area contributed by atoms with Gasteiger partial charge in [0.1, 0.15) is 0 Å². The minimum absolute atomic E-state index is 0.00702. The van der Waals surface area contributed by atoms with E-state index in [1.165, 1.54) is 0 Å². The molecule has 0 bridgehead atoms. The van der Waals surface area contributed by atoms with E-state index >= 15 is 0 Å². The molecule has 0 aromatic carbocycles. The molecule has 6 heteroatoms. The third kappa shape index (κ3) is 4.16. The molecule has 1 aliphatic rings. The largest absolute Gasteiger partial charge is 0.481 e. The molecule has 1 aliphatic heterocycles. The van der Waals surface area contributed by atoms with Gasteiger partial charge >= 0.3 is 5.97 Å². The average Bonchev–Trinajstić information content (AvgIpc) is 2.16. The topological polar surface area (TPSA) is 86.9 Å². The highest BCUT2D eigenvalue weighted by Gasteiger charge is 2.20. The monoisotopic (exact) mass is 229 g/mol. The minimum Gasteiger partial charge on any atom is -0.481 e. The van der Waals surface area contributed by atoms with Crippen LogP contribution in [0, 0.1) is 0 Å². The molecule has 1 unspecified atom stereocenters. The number of aliphatic carboxylic acids is 1. The molecule has 92 valence electrons. The number of carboxylic acids is 1. The summed E-state index contributed by atoms with van der Waals surface area (Å²) in [6.07, 6.45) is -0.00702. The first-order valence-electron chi connectivity index (χ1n) is 5.44. The van der Waals surface area contributed by atoms with E-state index in [9.17, 15) is 9.59 Å². The number of piperazine rings is 1. The number of carboxylic acid groups (broad SMARTS) is 1. The van der Waals surface area contributed by atoms with Crippen molar-refractivity contribution in [1.29, 1.82) is 0 Å². The van der Waals surface area contributed by atoms with Gasteiger partial charge in [0.05, 0.1) is 6.42 Å². The van der Waals surface area contributed by atoms with Gasteiger partial charge in [-0.15, -0.1) is 0 Å². The third-order valence-corrected chi connectivity index (χ3v) is 2.75. The van der Waals surface area contributed by atoms with Gasteiger partial charge in [0.15, 0.2) is 0 Å². The number of nitrogens with two attached hydrogens (primary N) is 1. The minimum atomic E-state index is -0.866. The second-order valence-corrected chi connectivity index (χ2v) is 4.16. The van der Waals surface area contributed by atoms with Crippen molar-refractivity contribution in [3.63, 3.8) is 0 Å². The Labute approximate surface area is 95.0 Å². The second-order valence-electron chi connectivity index (χ2n) is 4.16. The lowest BCUT2D eigenvalue weighted by atomic mass is 10.2. The lowest BCUT2D eigenvalue weighted by molar-refractivity contribution is -0.137. The van der Waals surface area contributed by atoms with E-state index in [1.54, 1.807) is 11.8 Å². The number of hydrogen-bond acceptors (Lipinski definition) is 4. The van der Waals surface area contributed by atoms with Crippen LogP contribution in [-0.2, 0) is 9.59 Å². The van der Waals surface area contributed by atoms with Gasteiger partial charge in [0, 0.05) is 45.7 Å². The van der Waals surface area contributed by atoms with Crippen LogP contribution in [-0.4, -0.2) is 65.5 Å². The van der Waals surface area contributed by atoms with Crippen molar-refractivity contribution in [1.82, 2.24) is 9.80 Å². The molecule has 0 aromatic heterocycles. The summed E-state index contributed by atoms with van der Waals surface area (Å²) in [5, 5.41) is 8.58. The van der Waals surface area contributed by atoms with E-state index in [0.29, 0.717) is 19.6 Å². The van der Waals surface area contributed by atoms with Crippen LogP contribution in [0.4, 0.5) is 0 Å². The van der Waals surface area contributed by atoms with Gasteiger partial charge in [-0.25, -0.2) is 0 Å². The number of carbonyl (C=O) groups is 2. The summed E-state index contributed by atoms with van der Waals surface area (Å²) >= 11 is 0. The van der Waals surface area contributed by atoms with Gasteiger partial charge in [-0.1, -0.05) is 0 Å². The van der Waals surface area contributed by atoms with Gasteiger partial charge in [-0.05, 0) is 0 Å². The molecule has 16 heavy (non-hydrogen) atoms. The first kappa shape index (κ1) is 12.9. The highest BCUT2D eigenvalue weighted by atomic mass is 16.4. The zero-order valence-corrected chi connectivity index (χ0v) is 9.56. The molecule has 3 N–H and O–H groups in total. The number of rotatable bonds is 4. The number of carbonyl (C=O) groups excluding carboxylic acids is 1. The van der Waals surface area contributed by atoms with E-state index in [1.807, 2.05) is 0 Å². The van der Waals surface area contributed by atoms with E-state index in [4.69, 9.17) is 10.8 Å². The number of nitrogens with zero attached hydrogens (tertiary/aromatic N) is 2. The molecule has 0 radical (unpaired) electrons. The van der Waals surface area contributed by atoms with Crippen LogP contribution in [0.15, 0.2) is 0 Å². The second kappa shape index (κ2) is 5.81. The van der Waals surface area contributed by atoms with Crippen LogP contribution in [0.2, 0.25) is 0 Å². The summed E-state index contributed by atoms with van der Waals surface area (Å²) in [6, 6.07) is -0.332. The van der Waals surface area contributed by atoms with Crippen molar-refractivity contribution >= 4 is 11.9 Å². The lowest BCUT2D eigenvalue weighted by Gasteiger charge is -2.35. The van der Waals surface area contributed by atoms with Crippen LogP contribution in [0.1, 0.15) is 13.3 Å². The van der Waals surface area contributed by atoms with Gasteiger partial charge in [0.25, 0.3) is 0 Å². The van der Waals surface area contributed by atoms with Crippen LogP contribution in [0.25, 0.3) is 0 Å². The molecular weight excluding hydrogens is 210 g/mol. The highest BCUT2D eigenvalue weighted by Crippen LogP contribution is 2.03. The van der Waals surface area contributed by atoms with Crippen molar-refractivity contribution in [3.8, 4) is 0 Å². The molecule has 1 rings (SSSR count). The third-order valence-electron chi connectivity index (χ3n) is 2.75. The Kier molecular flexibility index (Phi) is 4.70. The zero-order valence-electron chi connectivity index (χ0n) is 9.56. The molecule has 6 nitrogen and oxygen atoms in total. The zero-order chi connectivity index (χ0) is 12.1. The van der Waals surface area contributed by atoms with Crippen molar-refractivity contribution in [2.75, 3.05) is 32.7 Å². The molecular formula is C10H19N3O3. The SMILES string of the molecule is CC(=O)N1CCN(CC(N)CC(=O)O)CC1. The maximum Gasteiger partial charge on any atom is 0.304 e. The highest BCUT2D eigenvalue weighted by molar-refractivity contribution is 5.73. The Bertz CT molecular complexity index is 262. The predicted molar refractivity (Wildman–Crippen MR) is 58.9 cm³/mol. The van der Waals surface area contributed by atoms with Crippen LogP contribution < -0.4 is 5.73 Å². The molecule has 1 heterocycles. The summed E-state index contributed by atoms with van der Waals surface area (Å²) in [6.45, 7) is 5.09. The summed E-state index contributed by atoms with van der Waals surface area (Å²) in [4.78, 5) is 25.4. The van der Waals surface area contributed by atoms with Crippen molar-refractivity contribution in [2.45, 2.75) is 19.4 Å². The van der Waals surface area contributed by atoms with Gasteiger partial charge in [0.2, 0.25) is 5.91 Å². The number of amides is 1. The first-order chi connectivity index (χ1) is 7.49. The maximum absolute atomic E-state index is 11.1. The normalized spacial score (nSPS) is 19.5. The molecule has 1 fully saturated rings. The molecule has 1 saturated heterocycles. The molecule has 0 saturated carbocycles. The lowest BCUT2D eigenvalue weighted by Crippen LogP contribution is -2.51. The van der Waals surface area contributed by atoms with E-state index < -0.39 is 5.97 Å². The summed E-state index contributed by atoms with van der Waals surface area (Å²) in [5.74, 6) is -0.774. The van der Waals surface area contributed by atoms with Gasteiger partial charge in [-0.2, -0.15) is 0 Å². The maximum atomic E-state index is 11.1. The molecule has 0 spiro atoms. The number of hydrogen-bond donors (Lipinski definition) is 2. The predicted octanol–water partition coefficient (Wildman–Crippen LogP) is -1.05. The standard InChI is InChI=1S/C10H19N3O3/c1-8(14)13-4-2-12(3-5-13)7-9(11)6-10(15)16/h9H,2-7,11H2,1H3,(H,15,16). The first-order valence-corrected chi connectivity index (χ1v) is 5.44. The van der Waals surface area contributed by atoms with Crippen LogP contribution in [0.3, 0.4) is 0 Å². The summed E-state index contributed by atoms with van der Waals surface area (Å²) < 4.78 is 0. The summed E-state index contributed by atoms with van der Waals surface area (Å²) in [7, 11) is 0. The fourth-order valence-corrected chi connectivity index (χ4v) is 1.87. The smallest absolute Gasteiger partial charge is 0.304 e. The fraction of sp³-hybridized carbons (Fsp3) is 0.800. The Morgan fingerprint density at radius 2 is 1.88 bits per heavy atom. The van der Waals surface area contributed by atoms with E-state index in [2.05, 4.69) is 4.90 Å². The Hall–Kier alpha value is -1.14. The fourth-order valence-electron chi connectivity index (χ4n) is 1.87. The summed E-state index contributed by atoms with van der Waals surface area (Å²) in [5.41, 5.74) is 5.70. The van der Waals surface area contributed by atoms with Crippen LogP contribution >= 0.6 is 0 Å². The Balaban J connectivity index is 2.26. The van der Waals surface area contributed by atoms with Gasteiger partial charge < -0.3 is 15.7 Å². The molecule has 0 aliphatic carbocycles. The van der Waals surface area contributed by atoms with Gasteiger partial charge in [-0.3, -0.25) is 14.5 Å². The van der Waals surface area contributed by atoms with E-state index in [-0.39, 0.29) is 18.4 Å². The van der Waals surface area contributed by atoms with Crippen molar-refractivity contribution in [3.05, 3.63) is 0 Å².